The molecule has 274 valence electrons. The number of hydrogen-bond acceptors (Lipinski definition) is 8. The van der Waals surface area contributed by atoms with Crippen molar-refractivity contribution in [3.05, 3.63) is 110 Å². The number of halogens is 3. The zero-order chi connectivity index (χ0) is 37.0. The maximum Gasteiger partial charge on any atom is 0.265 e. The minimum absolute atomic E-state index is 0.207. The number of aryl methyl sites for hydroxylation is 1. The summed E-state index contributed by atoms with van der Waals surface area (Å²) in [6, 6.07) is 11.5. The lowest BCUT2D eigenvalue weighted by Gasteiger charge is -2.55. The third kappa shape index (κ3) is 6.80. The smallest absolute Gasteiger partial charge is 0.265 e. The van der Waals surface area contributed by atoms with Crippen LogP contribution in [0, 0.1) is 29.8 Å². The average Bonchev–Trinajstić information content (AvgIpc) is 3.69. The van der Waals surface area contributed by atoms with E-state index in [9.17, 15) is 27.6 Å². The van der Waals surface area contributed by atoms with Crippen LogP contribution in [-0.2, 0) is 16.0 Å². The molecule has 4 aliphatic rings. The molecule has 3 amide bonds. The molecule has 1 atom stereocenters. The highest BCUT2D eigenvalue weighted by Gasteiger charge is 2.47. The van der Waals surface area contributed by atoms with Crippen LogP contribution in [-0.4, -0.2) is 61.6 Å². The quantitative estimate of drug-likeness (QED) is 0.189. The van der Waals surface area contributed by atoms with Crippen LogP contribution in [0.3, 0.4) is 0 Å². The van der Waals surface area contributed by atoms with Crippen LogP contribution in [0.15, 0.2) is 72.0 Å². The minimum atomic E-state index is -1.21. The Morgan fingerprint density at radius 2 is 1.64 bits per heavy atom. The number of thiophene rings is 2. The molecule has 4 aromatic rings. The molecule has 1 spiro atoms. The number of carbonyl (C=O) groups is 3. The molecule has 4 aliphatic heterocycles. The molecule has 6 heterocycles. The van der Waals surface area contributed by atoms with Gasteiger partial charge in [-0.1, -0.05) is 0 Å². The van der Waals surface area contributed by atoms with Gasteiger partial charge in [0, 0.05) is 83.2 Å². The third-order valence-corrected chi connectivity index (χ3v) is 12.5. The lowest BCUT2D eigenvalue weighted by atomic mass is 9.73. The molecular formula is C39H36F3N5O4S2. The number of nitrogens with one attached hydrogen (secondary N) is 3. The zero-order valence-corrected chi connectivity index (χ0v) is 30.6. The summed E-state index contributed by atoms with van der Waals surface area (Å²) < 4.78 is 47.4. The van der Waals surface area contributed by atoms with Crippen molar-refractivity contribution in [2.24, 2.45) is 5.41 Å². The van der Waals surface area contributed by atoms with Crippen LogP contribution in [0.5, 0.6) is 0 Å². The van der Waals surface area contributed by atoms with Gasteiger partial charge >= 0.3 is 0 Å². The Morgan fingerprint density at radius 3 is 2.36 bits per heavy atom. The number of anilines is 3. The lowest BCUT2D eigenvalue weighted by Crippen LogP contribution is -2.65. The fourth-order valence-corrected chi connectivity index (χ4v) is 9.74. The van der Waals surface area contributed by atoms with Gasteiger partial charge in [-0.3, -0.25) is 24.2 Å². The first-order valence-electron chi connectivity index (χ1n) is 17.4. The maximum atomic E-state index is 14.2. The van der Waals surface area contributed by atoms with Gasteiger partial charge in [-0.25, -0.2) is 13.2 Å². The second-order valence-electron chi connectivity index (χ2n) is 14.1. The van der Waals surface area contributed by atoms with Crippen molar-refractivity contribution < 1.29 is 32.3 Å². The summed E-state index contributed by atoms with van der Waals surface area (Å²) in [5, 5.41) is 9.40. The largest absolute Gasteiger partial charge is 0.381 e. The van der Waals surface area contributed by atoms with Crippen LogP contribution in [0.2, 0.25) is 0 Å². The number of amides is 3. The SMILES string of the molecule is CC1=CNC(N2CC3(CCOCC3)C2)C(C(=O)Nc2ccc(C(=O)N3CCc4cc(C(=O)Nc5c(F)cc(F)cc5F)sc4-c4cc(C)sc43)cc2)=C1. The monoisotopic (exact) mass is 759 g/mol. The van der Waals surface area contributed by atoms with Gasteiger partial charge in [0.15, 0.2) is 11.6 Å². The number of carbonyl (C=O) groups excluding carboxylic acids is 3. The Morgan fingerprint density at radius 1 is 0.925 bits per heavy atom. The van der Waals surface area contributed by atoms with Crippen LogP contribution in [0.25, 0.3) is 10.4 Å². The topological polar surface area (TPSA) is 103 Å². The number of allylic oxidation sites excluding steroid dienone is 2. The molecule has 9 nitrogen and oxygen atoms in total. The van der Waals surface area contributed by atoms with Gasteiger partial charge in [0.05, 0.1) is 10.5 Å². The molecule has 0 aliphatic carbocycles. The first kappa shape index (κ1) is 35.3. The zero-order valence-electron chi connectivity index (χ0n) is 29.0. The van der Waals surface area contributed by atoms with Crippen LogP contribution < -0.4 is 20.9 Å². The van der Waals surface area contributed by atoms with Gasteiger partial charge in [0.1, 0.15) is 22.7 Å². The number of nitrogens with zero attached hydrogens (tertiary/aromatic N) is 2. The van der Waals surface area contributed by atoms with Crippen LogP contribution in [0.4, 0.5) is 29.5 Å². The molecule has 14 heteroatoms. The predicted octanol–water partition coefficient (Wildman–Crippen LogP) is 7.47. The van der Waals surface area contributed by atoms with Crippen molar-refractivity contribution in [2.75, 3.05) is 48.4 Å². The summed E-state index contributed by atoms with van der Waals surface area (Å²) in [6.07, 6.45) is 6.14. The molecule has 2 saturated heterocycles. The Hall–Kier alpha value is -4.76. The number of hydrogen-bond donors (Lipinski definition) is 3. The van der Waals surface area contributed by atoms with E-state index in [2.05, 4.69) is 20.9 Å². The van der Waals surface area contributed by atoms with Gasteiger partial charge in [0.25, 0.3) is 17.7 Å². The van der Waals surface area contributed by atoms with Crippen LogP contribution in [0.1, 0.15) is 50.2 Å². The van der Waals surface area contributed by atoms with Crippen molar-refractivity contribution >= 4 is 56.8 Å². The Bertz CT molecular complexity index is 2170. The summed E-state index contributed by atoms with van der Waals surface area (Å²) in [7, 11) is 0. The fraction of sp³-hybridized carbons (Fsp3) is 0.308. The van der Waals surface area contributed by atoms with Crippen molar-refractivity contribution in [1.82, 2.24) is 10.2 Å². The van der Waals surface area contributed by atoms with E-state index in [-0.39, 0.29) is 28.3 Å². The molecule has 0 bridgehead atoms. The highest BCUT2D eigenvalue weighted by atomic mass is 32.1. The minimum Gasteiger partial charge on any atom is -0.381 e. The molecule has 1 unspecified atom stereocenters. The Kier molecular flexibility index (Phi) is 9.25. The Balaban J connectivity index is 0.960. The number of dihydropyridines is 1. The van der Waals surface area contributed by atoms with E-state index in [1.807, 2.05) is 32.2 Å². The van der Waals surface area contributed by atoms with E-state index in [0.717, 1.165) is 70.6 Å². The molecular weight excluding hydrogens is 724 g/mol. The fourth-order valence-electron chi connectivity index (χ4n) is 7.52. The van der Waals surface area contributed by atoms with E-state index in [0.29, 0.717) is 41.9 Å². The first-order valence-corrected chi connectivity index (χ1v) is 19.0. The van der Waals surface area contributed by atoms with Gasteiger partial charge < -0.3 is 20.7 Å². The predicted molar refractivity (Wildman–Crippen MR) is 200 cm³/mol. The standard InChI is InChI=1S/C39H36F3N5O4S2/c1-21-13-28(34(43-18-21)46-19-39(20-46)8-11-51-12-9-39)35(48)44-26-5-3-23(4-6-26)37(50)47-10-7-24-15-31(53-33(24)27-14-22(2)52-38(27)47)36(49)45-32-29(41)16-25(40)17-30(32)42/h3-6,13-18,34,43H,7-12,19-20H2,1-2H3,(H,44,48)(H,45,49). The summed E-state index contributed by atoms with van der Waals surface area (Å²) >= 11 is 2.63. The normalized spacial score (nSPS) is 19.2. The van der Waals surface area contributed by atoms with Crippen molar-refractivity contribution in [3.8, 4) is 10.4 Å². The van der Waals surface area contributed by atoms with Crippen molar-refractivity contribution in [2.45, 2.75) is 39.3 Å². The van der Waals surface area contributed by atoms with Crippen molar-refractivity contribution in [1.29, 1.82) is 0 Å². The molecule has 2 aromatic heterocycles. The lowest BCUT2D eigenvalue weighted by molar-refractivity contribution is -0.117. The van der Waals surface area contributed by atoms with E-state index >= 15 is 0 Å². The van der Waals surface area contributed by atoms with E-state index in [1.54, 1.807) is 35.2 Å². The van der Waals surface area contributed by atoms with Crippen LogP contribution >= 0.6 is 22.7 Å². The maximum absolute atomic E-state index is 14.2. The number of benzene rings is 2. The molecule has 2 fully saturated rings. The molecule has 53 heavy (non-hydrogen) atoms. The first-order chi connectivity index (χ1) is 25.5. The molecule has 8 rings (SSSR count). The molecule has 3 N–H and O–H groups in total. The second kappa shape index (κ2) is 13.9. The number of likely N-dealkylation sites (tertiary alicyclic amines) is 1. The molecule has 0 saturated carbocycles. The van der Waals surface area contributed by atoms with Gasteiger partial charge in [-0.05, 0) is 86.7 Å². The number of ether oxygens (including phenoxy) is 1. The van der Waals surface area contributed by atoms with E-state index in [1.165, 1.54) is 22.7 Å². The highest BCUT2D eigenvalue weighted by Crippen LogP contribution is 2.47. The van der Waals surface area contributed by atoms with Gasteiger partial charge in [0.2, 0.25) is 0 Å². The van der Waals surface area contributed by atoms with Gasteiger partial charge in [-0.2, -0.15) is 0 Å². The molecule has 0 radical (unpaired) electrons. The number of fused-ring (bicyclic) bond motifs is 3. The van der Waals surface area contributed by atoms with Gasteiger partial charge in [-0.15, -0.1) is 22.7 Å². The average molecular weight is 760 g/mol. The van der Waals surface area contributed by atoms with E-state index < -0.39 is 29.0 Å². The summed E-state index contributed by atoms with van der Waals surface area (Å²) in [5.41, 5.74) is 3.77. The summed E-state index contributed by atoms with van der Waals surface area (Å²) in [4.78, 5) is 46.7. The summed E-state index contributed by atoms with van der Waals surface area (Å²) in [6.45, 7) is 7.60. The highest BCUT2D eigenvalue weighted by molar-refractivity contribution is 7.20. The second-order valence-corrected chi connectivity index (χ2v) is 16.3. The van der Waals surface area contributed by atoms with Crippen molar-refractivity contribution in [3.63, 3.8) is 0 Å². The third-order valence-electron chi connectivity index (χ3n) is 10.2. The molecule has 2 aromatic carbocycles. The summed E-state index contributed by atoms with van der Waals surface area (Å²) in [5.74, 6) is -4.63. The Labute approximate surface area is 312 Å². The van der Waals surface area contributed by atoms with E-state index in [4.69, 9.17) is 4.74 Å². The number of rotatable bonds is 6.